The maximum absolute atomic E-state index is 13.8. The first-order valence-corrected chi connectivity index (χ1v) is 8.85. The van der Waals surface area contributed by atoms with Gasteiger partial charge in [-0.1, -0.05) is 6.07 Å². The summed E-state index contributed by atoms with van der Waals surface area (Å²) in [6.07, 6.45) is 1.43. The predicted octanol–water partition coefficient (Wildman–Crippen LogP) is 3.18. The van der Waals surface area contributed by atoms with E-state index < -0.39 is 15.8 Å². The number of benzene rings is 1. The number of hydrogen-bond donors (Lipinski definition) is 1. The molecular weight excluding hydrogens is 317 g/mol. The Balaban J connectivity index is 2.25. The molecule has 124 valence electrons. The summed E-state index contributed by atoms with van der Waals surface area (Å²) in [4.78, 5) is 5.91. The lowest BCUT2D eigenvalue weighted by molar-refractivity contribution is 0.570. The van der Waals surface area contributed by atoms with Crippen LogP contribution in [0.1, 0.15) is 19.4 Å². The van der Waals surface area contributed by atoms with E-state index in [1.165, 1.54) is 18.3 Å². The van der Waals surface area contributed by atoms with E-state index in [0.29, 0.717) is 11.3 Å². The van der Waals surface area contributed by atoms with Crippen molar-refractivity contribution in [2.24, 2.45) is 0 Å². The van der Waals surface area contributed by atoms with Gasteiger partial charge in [-0.15, -0.1) is 0 Å². The van der Waals surface area contributed by atoms with Gasteiger partial charge in [0.25, 0.3) is 10.0 Å². The molecule has 0 aliphatic heterocycles. The summed E-state index contributed by atoms with van der Waals surface area (Å²) in [5.41, 5.74) is 0.962. The summed E-state index contributed by atoms with van der Waals surface area (Å²) in [5, 5.41) is 0. The third-order valence-corrected chi connectivity index (χ3v) is 4.86. The topological polar surface area (TPSA) is 62.3 Å². The number of aromatic nitrogens is 1. The van der Waals surface area contributed by atoms with Gasteiger partial charge in [0.2, 0.25) is 0 Å². The Kier molecular flexibility index (Phi) is 5.20. The molecule has 5 nitrogen and oxygen atoms in total. The monoisotopic (exact) mass is 337 g/mol. The van der Waals surface area contributed by atoms with Gasteiger partial charge in [-0.25, -0.2) is 17.8 Å². The number of nitrogens with one attached hydrogen (secondary N) is 1. The molecular formula is C16H20FN3O2S. The highest BCUT2D eigenvalue weighted by Gasteiger charge is 2.19. The van der Waals surface area contributed by atoms with Gasteiger partial charge in [0.15, 0.2) is 0 Å². The van der Waals surface area contributed by atoms with Crippen LogP contribution in [0.4, 0.5) is 15.9 Å². The number of anilines is 2. The molecule has 23 heavy (non-hydrogen) atoms. The SMILES string of the molecule is CCN(CC)c1ccc(NS(=O)(=O)c2cc(C)ccc2F)cn1. The minimum Gasteiger partial charge on any atom is -0.357 e. The zero-order valence-electron chi connectivity index (χ0n) is 13.4. The molecule has 0 spiro atoms. The van der Waals surface area contributed by atoms with Crippen molar-refractivity contribution in [3.05, 3.63) is 47.9 Å². The number of sulfonamides is 1. The minimum absolute atomic E-state index is 0.293. The third kappa shape index (κ3) is 3.98. The second-order valence-corrected chi connectivity index (χ2v) is 6.77. The molecule has 0 atom stereocenters. The molecule has 0 aliphatic carbocycles. The molecule has 0 unspecified atom stereocenters. The molecule has 2 rings (SSSR count). The Morgan fingerprint density at radius 1 is 1.17 bits per heavy atom. The average molecular weight is 337 g/mol. The Bertz CT molecular complexity index is 772. The van der Waals surface area contributed by atoms with Crippen LogP contribution in [-0.2, 0) is 10.0 Å². The lowest BCUT2D eigenvalue weighted by atomic mass is 10.2. The van der Waals surface area contributed by atoms with Crippen LogP contribution in [0.3, 0.4) is 0 Å². The smallest absolute Gasteiger partial charge is 0.264 e. The van der Waals surface area contributed by atoms with Crippen LogP contribution in [0.5, 0.6) is 0 Å². The van der Waals surface area contributed by atoms with Crippen molar-refractivity contribution in [2.45, 2.75) is 25.7 Å². The van der Waals surface area contributed by atoms with Crippen LogP contribution in [0, 0.1) is 12.7 Å². The van der Waals surface area contributed by atoms with Crippen molar-refractivity contribution in [1.29, 1.82) is 0 Å². The third-order valence-electron chi connectivity index (χ3n) is 3.46. The molecule has 0 aliphatic rings. The molecule has 0 fully saturated rings. The first kappa shape index (κ1) is 17.2. The summed E-state index contributed by atoms with van der Waals surface area (Å²) in [7, 11) is -3.99. The van der Waals surface area contributed by atoms with Gasteiger partial charge in [-0.05, 0) is 50.6 Å². The fourth-order valence-corrected chi connectivity index (χ4v) is 3.41. The number of aryl methyl sites for hydroxylation is 1. The van der Waals surface area contributed by atoms with Crippen molar-refractivity contribution in [3.63, 3.8) is 0 Å². The zero-order valence-corrected chi connectivity index (χ0v) is 14.2. The van der Waals surface area contributed by atoms with Gasteiger partial charge < -0.3 is 4.90 Å². The quantitative estimate of drug-likeness (QED) is 0.879. The van der Waals surface area contributed by atoms with Crippen LogP contribution in [0.25, 0.3) is 0 Å². The number of halogens is 1. The molecule has 0 saturated carbocycles. The van der Waals surface area contributed by atoms with Crippen LogP contribution in [0.2, 0.25) is 0 Å². The van der Waals surface area contributed by atoms with Crippen LogP contribution < -0.4 is 9.62 Å². The van der Waals surface area contributed by atoms with Gasteiger partial charge in [0, 0.05) is 13.1 Å². The van der Waals surface area contributed by atoms with E-state index in [1.807, 2.05) is 18.7 Å². The highest BCUT2D eigenvalue weighted by molar-refractivity contribution is 7.92. The fraction of sp³-hybridized carbons (Fsp3) is 0.312. The summed E-state index contributed by atoms with van der Waals surface area (Å²) in [5.74, 6) is -0.0181. The van der Waals surface area contributed by atoms with Crippen molar-refractivity contribution < 1.29 is 12.8 Å². The molecule has 0 bridgehead atoms. The summed E-state index contributed by atoms with van der Waals surface area (Å²) in [6, 6.07) is 7.32. The van der Waals surface area contributed by atoms with E-state index >= 15 is 0 Å². The Hall–Kier alpha value is -2.15. The first-order chi connectivity index (χ1) is 10.9. The van der Waals surface area contributed by atoms with Gasteiger partial charge >= 0.3 is 0 Å². The Morgan fingerprint density at radius 3 is 2.43 bits per heavy atom. The van der Waals surface area contributed by atoms with Crippen molar-refractivity contribution in [2.75, 3.05) is 22.7 Å². The van der Waals surface area contributed by atoms with E-state index in [1.54, 1.807) is 19.1 Å². The van der Waals surface area contributed by atoms with Crippen molar-refractivity contribution in [1.82, 2.24) is 4.98 Å². The Labute approximate surface area is 136 Å². The first-order valence-electron chi connectivity index (χ1n) is 7.37. The van der Waals surface area contributed by atoms with Crippen LogP contribution >= 0.6 is 0 Å². The van der Waals surface area contributed by atoms with E-state index in [0.717, 1.165) is 25.0 Å². The van der Waals surface area contributed by atoms with Crippen molar-refractivity contribution in [3.8, 4) is 0 Å². The average Bonchev–Trinajstić information content (AvgIpc) is 2.52. The summed E-state index contributed by atoms with van der Waals surface area (Å²) in [6.45, 7) is 7.36. The molecule has 1 heterocycles. The number of hydrogen-bond acceptors (Lipinski definition) is 4. The molecule has 7 heteroatoms. The number of pyridine rings is 1. The summed E-state index contributed by atoms with van der Waals surface area (Å²) >= 11 is 0. The van der Waals surface area contributed by atoms with Gasteiger partial charge in [0.05, 0.1) is 11.9 Å². The predicted molar refractivity (Wildman–Crippen MR) is 89.7 cm³/mol. The summed E-state index contributed by atoms with van der Waals surface area (Å²) < 4.78 is 40.8. The molecule has 2 aromatic rings. The normalized spacial score (nSPS) is 11.3. The maximum atomic E-state index is 13.8. The largest absolute Gasteiger partial charge is 0.357 e. The van der Waals surface area contributed by atoms with E-state index in [4.69, 9.17) is 0 Å². The molecule has 0 amide bonds. The lowest BCUT2D eigenvalue weighted by Crippen LogP contribution is -2.23. The second kappa shape index (κ2) is 6.95. The molecule has 1 aromatic carbocycles. The molecule has 0 radical (unpaired) electrons. The van der Waals surface area contributed by atoms with E-state index in [2.05, 4.69) is 9.71 Å². The molecule has 1 N–H and O–H groups in total. The lowest BCUT2D eigenvalue weighted by Gasteiger charge is -2.19. The number of nitrogens with zero attached hydrogens (tertiary/aromatic N) is 2. The highest BCUT2D eigenvalue weighted by Crippen LogP contribution is 2.21. The van der Waals surface area contributed by atoms with Gasteiger partial charge in [-0.3, -0.25) is 4.72 Å². The zero-order chi connectivity index (χ0) is 17.0. The molecule has 1 aromatic heterocycles. The number of rotatable bonds is 6. The van der Waals surface area contributed by atoms with Gasteiger partial charge in [0.1, 0.15) is 16.5 Å². The van der Waals surface area contributed by atoms with Crippen LogP contribution in [-0.4, -0.2) is 26.5 Å². The Morgan fingerprint density at radius 2 is 1.87 bits per heavy atom. The van der Waals surface area contributed by atoms with Gasteiger partial charge in [-0.2, -0.15) is 0 Å². The van der Waals surface area contributed by atoms with Crippen molar-refractivity contribution >= 4 is 21.5 Å². The maximum Gasteiger partial charge on any atom is 0.264 e. The van der Waals surface area contributed by atoms with E-state index in [9.17, 15) is 12.8 Å². The second-order valence-electron chi connectivity index (χ2n) is 5.12. The minimum atomic E-state index is -3.99. The van der Waals surface area contributed by atoms with E-state index in [-0.39, 0.29) is 4.90 Å². The molecule has 0 saturated heterocycles. The van der Waals surface area contributed by atoms with Crippen LogP contribution in [0.15, 0.2) is 41.4 Å². The standard InChI is InChI=1S/C16H20FN3O2S/c1-4-20(5-2)16-9-7-13(11-18-16)19-23(21,22)15-10-12(3)6-8-14(15)17/h6-11,19H,4-5H2,1-3H3. The fourth-order valence-electron chi connectivity index (χ4n) is 2.21. The highest BCUT2D eigenvalue weighted by atomic mass is 32.2.